The van der Waals surface area contributed by atoms with E-state index in [1.54, 1.807) is 12.1 Å². The summed E-state index contributed by atoms with van der Waals surface area (Å²) >= 11 is 23.8. The Labute approximate surface area is 228 Å². The van der Waals surface area contributed by atoms with Crippen LogP contribution in [0.5, 0.6) is 0 Å². The Morgan fingerprint density at radius 2 is 1.67 bits per heavy atom. The zero-order valence-electron chi connectivity index (χ0n) is 18.6. The van der Waals surface area contributed by atoms with Gasteiger partial charge in [0.15, 0.2) is 15.8 Å². The molecule has 0 aromatic heterocycles. The highest BCUT2D eigenvalue weighted by Gasteiger charge is 2.33. The van der Waals surface area contributed by atoms with Gasteiger partial charge in [0.25, 0.3) is 5.91 Å². The first-order valence-electron chi connectivity index (χ1n) is 10.3. The van der Waals surface area contributed by atoms with E-state index in [1.165, 1.54) is 18.2 Å². The number of aliphatic carboxylic acids is 1. The number of hydrogen-bond acceptors (Lipinski definition) is 6. The van der Waals surface area contributed by atoms with Gasteiger partial charge in [-0.05, 0) is 54.8 Å². The number of sulfone groups is 1. The van der Waals surface area contributed by atoms with Crippen LogP contribution < -0.4 is 16.9 Å². The van der Waals surface area contributed by atoms with E-state index in [2.05, 4.69) is 10.4 Å². The smallest absolute Gasteiger partial charge is 0.328 e. The number of benzene rings is 2. The van der Waals surface area contributed by atoms with E-state index in [0.29, 0.717) is 15.6 Å². The molecule has 0 aliphatic rings. The molecule has 0 saturated carbocycles. The number of halogens is 4. The molecule has 10 nitrogen and oxygen atoms in total. The van der Waals surface area contributed by atoms with Gasteiger partial charge in [-0.2, -0.15) is 0 Å². The van der Waals surface area contributed by atoms with Crippen molar-refractivity contribution < 1.29 is 23.1 Å². The lowest BCUT2D eigenvalue weighted by Gasteiger charge is -2.29. The predicted octanol–water partition coefficient (Wildman–Crippen LogP) is 3.11. The molecule has 0 radical (unpaired) electrons. The second kappa shape index (κ2) is 13.3. The average Bonchev–Trinajstić information content (AvgIpc) is 2.75. The molecule has 0 saturated heterocycles. The summed E-state index contributed by atoms with van der Waals surface area (Å²) in [5.41, 5.74) is 13.8. The van der Waals surface area contributed by atoms with Gasteiger partial charge in [0, 0.05) is 23.1 Å². The van der Waals surface area contributed by atoms with Gasteiger partial charge < -0.3 is 16.6 Å². The van der Waals surface area contributed by atoms with Crippen LogP contribution in [0.25, 0.3) is 0 Å². The molecule has 2 aromatic carbocycles. The number of aliphatic imine (C=N–C) groups is 1. The minimum Gasteiger partial charge on any atom is -0.480 e. The summed E-state index contributed by atoms with van der Waals surface area (Å²) in [5, 5.41) is 11.4. The molecule has 0 aliphatic carbocycles. The molecule has 2 aromatic rings. The first-order valence-corrected chi connectivity index (χ1v) is 13.4. The molecule has 1 amide bonds. The highest BCUT2D eigenvalue weighted by Crippen LogP contribution is 2.26. The highest BCUT2D eigenvalue weighted by molar-refractivity contribution is 7.92. The molecule has 0 bridgehead atoms. The first-order chi connectivity index (χ1) is 16.8. The molecule has 36 heavy (non-hydrogen) atoms. The molecule has 0 aliphatic heterocycles. The van der Waals surface area contributed by atoms with Gasteiger partial charge in [0.2, 0.25) is 0 Å². The van der Waals surface area contributed by atoms with Crippen LogP contribution in [-0.4, -0.2) is 54.7 Å². The number of nitrogens with two attached hydrogens (primary N) is 2. The van der Waals surface area contributed by atoms with Gasteiger partial charge in [0.05, 0.1) is 14.9 Å². The Morgan fingerprint density at radius 3 is 2.22 bits per heavy atom. The summed E-state index contributed by atoms with van der Waals surface area (Å²) in [5.74, 6) is -3.58. The zero-order valence-corrected chi connectivity index (χ0v) is 22.5. The minimum absolute atomic E-state index is 0.0128. The molecule has 0 unspecified atom stereocenters. The third-order valence-corrected chi connectivity index (χ3v) is 7.51. The number of carboxylic acid groups (broad SMARTS) is 1. The van der Waals surface area contributed by atoms with Crippen LogP contribution in [0, 0.1) is 0 Å². The van der Waals surface area contributed by atoms with Crippen molar-refractivity contribution in [2.24, 2.45) is 16.5 Å². The number of hydrogen-bond donors (Lipinski definition) is 4. The molecule has 15 heteroatoms. The van der Waals surface area contributed by atoms with Crippen LogP contribution in [-0.2, 0) is 26.0 Å². The SMILES string of the molecule is NC(N)=NCCC[C@@H](C(=O)O)N(NCc1cc(Cl)cc(Cl)c1)C(=O)CS(=O)(=O)c1ccc(Cl)c(Cl)c1. The number of nitrogens with one attached hydrogen (secondary N) is 1. The highest BCUT2D eigenvalue weighted by atomic mass is 35.5. The van der Waals surface area contributed by atoms with Crippen molar-refractivity contribution in [1.82, 2.24) is 10.4 Å². The third kappa shape index (κ3) is 8.99. The minimum atomic E-state index is -4.20. The number of carbonyl (C=O) groups excluding carboxylic acids is 1. The molecular weight excluding hydrogens is 576 g/mol. The van der Waals surface area contributed by atoms with Crippen LogP contribution in [0.1, 0.15) is 18.4 Å². The predicted molar refractivity (Wildman–Crippen MR) is 140 cm³/mol. The lowest BCUT2D eigenvalue weighted by molar-refractivity contribution is -0.152. The second-order valence-corrected chi connectivity index (χ2v) is 11.2. The monoisotopic (exact) mass is 597 g/mol. The van der Waals surface area contributed by atoms with Gasteiger partial charge in [-0.3, -0.25) is 14.8 Å². The maximum absolute atomic E-state index is 13.2. The van der Waals surface area contributed by atoms with Crippen LogP contribution in [0.2, 0.25) is 20.1 Å². The quantitative estimate of drug-likeness (QED) is 0.125. The Morgan fingerprint density at radius 1 is 1.03 bits per heavy atom. The summed E-state index contributed by atoms with van der Waals surface area (Å²) in [6, 6.07) is 6.78. The Hall–Kier alpha value is -2.28. The molecule has 1 atom stereocenters. The van der Waals surface area contributed by atoms with Gasteiger partial charge in [0.1, 0.15) is 11.8 Å². The van der Waals surface area contributed by atoms with Gasteiger partial charge in [-0.15, -0.1) is 0 Å². The maximum atomic E-state index is 13.2. The van der Waals surface area contributed by atoms with Crippen LogP contribution in [0.4, 0.5) is 0 Å². The number of carbonyl (C=O) groups is 2. The van der Waals surface area contributed by atoms with Gasteiger partial charge in [-0.25, -0.2) is 18.6 Å². The van der Waals surface area contributed by atoms with Crippen molar-refractivity contribution in [2.45, 2.75) is 30.3 Å². The van der Waals surface area contributed by atoms with Crippen LogP contribution >= 0.6 is 46.4 Å². The molecular formula is C21H23Cl4N5O5S. The van der Waals surface area contributed by atoms with Crippen molar-refractivity contribution in [3.05, 3.63) is 62.1 Å². The normalized spacial score (nSPS) is 12.1. The summed E-state index contributed by atoms with van der Waals surface area (Å²) in [6.07, 6.45) is 0.122. The number of guanidine groups is 1. The molecule has 0 heterocycles. The van der Waals surface area contributed by atoms with E-state index < -0.39 is 33.5 Å². The topological polar surface area (TPSA) is 168 Å². The third-order valence-electron chi connectivity index (χ3n) is 4.74. The Kier molecular flexibility index (Phi) is 11.1. The van der Waals surface area contributed by atoms with Crippen LogP contribution in [0.3, 0.4) is 0 Å². The summed E-state index contributed by atoms with van der Waals surface area (Å²) in [4.78, 5) is 28.8. The summed E-state index contributed by atoms with van der Waals surface area (Å²) in [7, 11) is -4.20. The van der Waals surface area contributed by atoms with E-state index in [0.717, 1.165) is 11.1 Å². The standard InChI is InChI=1S/C21H23Cl4N5O5S/c22-13-6-12(7-14(23)8-13)10-29-30(18(20(32)33)2-1-5-28-21(26)27)19(31)11-36(34,35)15-3-4-16(24)17(25)9-15/h3-4,6-9,18,29H,1-2,5,10-11H2,(H,32,33)(H4,26,27,28)/t18-/m0/s1. The lowest BCUT2D eigenvalue weighted by atomic mass is 10.1. The number of hydrazine groups is 1. The summed E-state index contributed by atoms with van der Waals surface area (Å²) in [6.45, 7) is 0.0378. The fraction of sp³-hybridized carbons (Fsp3) is 0.286. The molecule has 196 valence electrons. The van der Waals surface area contributed by atoms with Crippen molar-refractivity contribution >= 4 is 74.1 Å². The molecule has 0 spiro atoms. The van der Waals surface area contributed by atoms with E-state index in [4.69, 9.17) is 57.9 Å². The first kappa shape index (κ1) is 29.9. The van der Waals surface area contributed by atoms with Crippen molar-refractivity contribution in [2.75, 3.05) is 12.3 Å². The lowest BCUT2D eigenvalue weighted by Crippen LogP contribution is -2.54. The molecule has 0 fully saturated rings. The molecule has 2 rings (SSSR count). The number of nitrogens with zero attached hydrogens (tertiary/aromatic N) is 2. The summed E-state index contributed by atoms with van der Waals surface area (Å²) < 4.78 is 25.8. The van der Waals surface area contributed by atoms with Gasteiger partial charge >= 0.3 is 5.97 Å². The maximum Gasteiger partial charge on any atom is 0.328 e. The number of amides is 1. The molecule has 6 N–H and O–H groups in total. The van der Waals surface area contributed by atoms with E-state index in [-0.39, 0.29) is 46.8 Å². The number of carboxylic acids is 1. The van der Waals surface area contributed by atoms with E-state index in [9.17, 15) is 23.1 Å². The second-order valence-electron chi connectivity index (χ2n) is 7.51. The Balaban J connectivity index is 2.33. The van der Waals surface area contributed by atoms with Gasteiger partial charge in [-0.1, -0.05) is 46.4 Å². The zero-order chi connectivity index (χ0) is 27.0. The Bertz CT molecular complexity index is 1240. The average molecular weight is 599 g/mol. The van der Waals surface area contributed by atoms with Crippen molar-refractivity contribution in [1.29, 1.82) is 0 Å². The van der Waals surface area contributed by atoms with E-state index >= 15 is 0 Å². The van der Waals surface area contributed by atoms with Crippen molar-refractivity contribution in [3.63, 3.8) is 0 Å². The van der Waals surface area contributed by atoms with Crippen LogP contribution in [0.15, 0.2) is 46.3 Å². The fourth-order valence-corrected chi connectivity index (χ4v) is 5.24. The number of rotatable bonds is 12. The van der Waals surface area contributed by atoms with E-state index in [1.807, 2.05) is 0 Å². The largest absolute Gasteiger partial charge is 0.480 e. The van der Waals surface area contributed by atoms with Crippen molar-refractivity contribution in [3.8, 4) is 0 Å². The fourth-order valence-electron chi connectivity index (χ4n) is 3.10.